The number of nitrogens with zero attached hydrogens (tertiary/aromatic N) is 3. The number of hydrogen-bond acceptors (Lipinski definition) is 4. The summed E-state index contributed by atoms with van der Waals surface area (Å²) in [5, 5.41) is 8.86. The van der Waals surface area contributed by atoms with Crippen molar-refractivity contribution in [2.24, 2.45) is 11.3 Å². The Hall–Kier alpha value is -1.98. The van der Waals surface area contributed by atoms with Crippen molar-refractivity contribution in [2.45, 2.75) is 45.4 Å². The Labute approximate surface area is 135 Å². The molecule has 2 heterocycles. The first-order chi connectivity index (χ1) is 11.0. The number of rotatable bonds is 2. The van der Waals surface area contributed by atoms with Gasteiger partial charge in [-0.1, -0.05) is 26.2 Å². The maximum Gasteiger partial charge on any atom is 0.356 e. The normalized spacial score (nSPS) is 23.7. The number of aromatic carboxylic acids is 1. The number of likely N-dealkylation sites (tertiary alicyclic amines) is 1. The molecule has 0 bridgehead atoms. The highest BCUT2D eigenvalue weighted by Gasteiger charge is 2.43. The zero-order chi connectivity index (χ0) is 16.4. The van der Waals surface area contributed by atoms with Crippen molar-refractivity contribution in [1.82, 2.24) is 14.9 Å². The Morgan fingerprint density at radius 1 is 1.17 bits per heavy atom. The van der Waals surface area contributed by atoms with E-state index in [9.17, 15) is 9.59 Å². The molecule has 1 aromatic heterocycles. The molecule has 1 N–H and O–H groups in total. The van der Waals surface area contributed by atoms with Crippen molar-refractivity contribution in [3.05, 3.63) is 23.8 Å². The Kier molecular flexibility index (Phi) is 4.33. The molecule has 6 heteroatoms. The van der Waals surface area contributed by atoms with Gasteiger partial charge >= 0.3 is 5.97 Å². The molecule has 1 aliphatic carbocycles. The highest BCUT2D eigenvalue weighted by Crippen LogP contribution is 2.46. The number of carbonyl (C=O) groups is 2. The first kappa shape index (κ1) is 15.9. The van der Waals surface area contributed by atoms with E-state index in [2.05, 4.69) is 16.9 Å². The summed E-state index contributed by atoms with van der Waals surface area (Å²) in [6.07, 6.45) is 9.63. The van der Waals surface area contributed by atoms with Crippen LogP contribution < -0.4 is 0 Å². The average Bonchev–Trinajstić information content (AvgIpc) is 2.58. The van der Waals surface area contributed by atoms with Gasteiger partial charge in [0, 0.05) is 13.1 Å². The van der Waals surface area contributed by atoms with E-state index in [0.29, 0.717) is 5.92 Å². The summed E-state index contributed by atoms with van der Waals surface area (Å²) in [6, 6.07) is 0. The first-order valence-electron chi connectivity index (χ1n) is 8.36. The molecule has 1 atom stereocenters. The van der Waals surface area contributed by atoms with E-state index in [1.165, 1.54) is 38.3 Å². The predicted octanol–water partition coefficient (Wildman–Crippen LogP) is 2.61. The number of carboxylic acid groups (broad SMARTS) is 1. The number of amides is 1. The standard InChI is InChI=1S/C17H23N3O3/c1-12-5-8-20(11-17(12)6-3-2-4-7-17)15(21)13-9-19-14(10-18-13)16(22)23/h9-10,12H,2-8,11H2,1H3,(H,22,23). The lowest BCUT2D eigenvalue weighted by Crippen LogP contribution is -2.51. The second-order valence-electron chi connectivity index (χ2n) is 6.93. The molecule has 1 amide bonds. The highest BCUT2D eigenvalue weighted by atomic mass is 16.4. The summed E-state index contributed by atoms with van der Waals surface area (Å²) in [6.45, 7) is 3.84. The smallest absolute Gasteiger partial charge is 0.356 e. The molecule has 6 nitrogen and oxygen atoms in total. The van der Waals surface area contributed by atoms with Gasteiger partial charge in [0.25, 0.3) is 5.91 Å². The van der Waals surface area contributed by atoms with Gasteiger partial charge in [-0.25, -0.2) is 14.8 Å². The van der Waals surface area contributed by atoms with Gasteiger partial charge in [-0.3, -0.25) is 4.79 Å². The van der Waals surface area contributed by atoms with Crippen molar-refractivity contribution < 1.29 is 14.7 Å². The third-order valence-corrected chi connectivity index (χ3v) is 5.61. The van der Waals surface area contributed by atoms with Gasteiger partial charge < -0.3 is 10.0 Å². The van der Waals surface area contributed by atoms with Gasteiger partial charge in [0.2, 0.25) is 0 Å². The Morgan fingerprint density at radius 2 is 1.83 bits per heavy atom. The quantitative estimate of drug-likeness (QED) is 0.906. The summed E-state index contributed by atoms with van der Waals surface area (Å²) in [5.74, 6) is -0.622. The van der Waals surface area contributed by atoms with Crippen LogP contribution in [0.4, 0.5) is 0 Å². The van der Waals surface area contributed by atoms with Gasteiger partial charge in [-0.15, -0.1) is 0 Å². The fourth-order valence-electron chi connectivity index (χ4n) is 4.06. The van der Waals surface area contributed by atoms with E-state index in [1.807, 2.05) is 4.90 Å². The second kappa shape index (κ2) is 6.26. The van der Waals surface area contributed by atoms with Crippen LogP contribution in [-0.2, 0) is 0 Å². The lowest BCUT2D eigenvalue weighted by atomic mass is 9.63. The van der Waals surface area contributed by atoms with E-state index in [1.54, 1.807) is 0 Å². The molecule has 124 valence electrons. The minimum atomic E-state index is -1.13. The fraction of sp³-hybridized carbons (Fsp3) is 0.647. The molecule has 1 aromatic rings. The molecule has 1 saturated carbocycles. The molecule has 1 unspecified atom stereocenters. The Bertz CT molecular complexity index is 594. The van der Waals surface area contributed by atoms with E-state index < -0.39 is 5.97 Å². The molecule has 3 rings (SSSR count). The van der Waals surface area contributed by atoms with Crippen LogP contribution in [0.2, 0.25) is 0 Å². The zero-order valence-corrected chi connectivity index (χ0v) is 13.5. The van der Waals surface area contributed by atoms with Crippen molar-refractivity contribution in [2.75, 3.05) is 13.1 Å². The third-order valence-electron chi connectivity index (χ3n) is 5.61. The van der Waals surface area contributed by atoms with Crippen LogP contribution in [0.1, 0.15) is 66.4 Å². The topological polar surface area (TPSA) is 83.4 Å². The summed E-state index contributed by atoms with van der Waals surface area (Å²) < 4.78 is 0. The molecule has 1 saturated heterocycles. The molecule has 0 radical (unpaired) electrons. The molecular weight excluding hydrogens is 294 g/mol. The monoisotopic (exact) mass is 317 g/mol. The Morgan fingerprint density at radius 3 is 2.43 bits per heavy atom. The first-order valence-corrected chi connectivity index (χ1v) is 8.36. The zero-order valence-electron chi connectivity index (χ0n) is 13.5. The van der Waals surface area contributed by atoms with Crippen molar-refractivity contribution in [3.63, 3.8) is 0 Å². The molecule has 0 aromatic carbocycles. The van der Waals surface area contributed by atoms with Crippen molar-refractivity contribution in [3.8, 4) is 0 Å². The molecule has 1 spiro atoms. The number of carbonyl (C=O) groups excluding carboxylic acids is 1. The average molecular weight is 317 g/mol. The maximum atomic E-state index is 12.7. The SMILES string of the molecule is CC1CCN(C(=O)c2cnc(C(=O)O)cn2)CC12CCCCC2. The van der Waals surface area contributed by atoms with E-state index >= 15 is 0 Å². The van der Waals surface area contributed by atoms with Gasteiger partial charge in [-0.2, -0.15) is 0 Å². The second-order valence-corrected chi connectivity index (χ2v) is 6.93. The van der Waals surface area contributed by atoms with E-state index in [0.717, 1.165) is 25.7 Å². The van der Waals surface area contributed by atoms with Crippen LogP contribution in [0.15, 0.2) is 12.4 Å². The van der Waals surface area contributed by atoms with Crippen LogP contribution >= 0.6 is 0 Å². The number of hydrogen-bond donors (Lipinski definition) is 1. The summed E-state index contributed by atoms with van der Waals surface area (Å²) in [7, 11) is 0. The summed E-state index contributed by atoms with van der Waals surface area (Å²) >= 11 is 0. The lowest BCUT2D eigenvalue weighted by molar-refractivity contribution is 0.00649. The van der Waals surface area contributed by atoms with E-state index in [-0.39, 0.29) is 22.7 Å². The van der Waals surface area contributed by atoms with Gasteiger partial charge in [0.15, 0.2) is 5.69 Å². The van der Waals surface area contributed by atoms with Gasteiger partial charge in [0.1, 0.15) is 5.69 Å². The van der Waals surface area contributed by atoms with Gasteiger partial charge in [-0.05, 0) is 30.6 Å². The lowest BCUT2D eigenvalue weighted by Gasteiger charge is -2.49. The molecule has 2 fully saturated rings. The molecule has 1 aliphatic heterocycles. The largest absolute Gasteiger partial charge is 0.476 e. The molecule has 2 aliphatic rings. The Balaban J connectivity index is 1.75. The van der Waals surface area contributed by atoms with Crippen LogP contribution in [0.5, 0.6) is 0 Å². The molecular formula is C17H23N3O3. The number of piperidine rings is 1. The maximum absolute atomic E-state index is 12.7. The van der Waals surface area contributed by atoms with Crippen LogP contribution in [0, 0.1) is 11.3 Å². The highest BCUT2D eigenvalue weighted by molar-refractivity contribution is 5.92. The van der Waals surface area contributed by atoms with E-state index in [4.69, 9.17) is 5.11 Å². The fourth-order valence-corrected chi connectivity index (χ4v) is 4.06. The number of aromatic nitrogens is 2. The summed E-state index contributed by atoms with van der Waals surface area (Å²) in [5.41, 5.74) is 0.341. The van der Waals surface area contributed by atoms with Crippen molar-refractivity contribution >= 4 is 11.9 Å². The summed E-state index contributed by atoms with van der Waals surface area (Å²) in [4.78, 5) is 33.2. The molecule has 23 heavy (non-hydrogen) atoms. The minimum absolute atomic E-state index is 0.133. The van der Waals surface area contributed by atoms with Gasteiger partial charge in [0.05, 0.1) is 12.4 Å². The van der Waals surface area contributed by atoms with Crippen LogP contribution in [-0.4, -0.2) is 44.9 Å². The minimum Gasteiger partial charge on any atom is -0.476 e. The number of carboxylic acids is 1. The third kappa shape index (κ3) is 3.07. The van der Waals surface area contributed by atoms with Crippen LogP contribution in [0.25, 0.3) is 0 Å². The van der Waals surface area contributed by atoms with Crippen LogP contribution in [0.3, 0.4) is 0 Å². The van der Waals surface area contributed by atoms with Crippen molar-refractivity contribution in [1.29, 1.82) is 0 Å². The predicted molar refractivity (Wildman–Crippen MR) is 84.2 cm³/mol.